The van der Waals surface area contributed by atoms with E-state index in [4.69, 9.17) is 0 Å². The highest BCUT2D eigenvalue weighted by atomic mass is 16.2. The lowest BCUT2D eigenvalue weighted by Gasteiger charge is -2.30. The Balaban J connectivity index is 1.35. The number of urea groups is 1. The van der Waals surface area contributed by atoms with E-state index >= 15 is 0 Å². The third kappa shape index (κ3) is 4.23. The van der Waals surface area contributed by atoms with Gasteiger partial charge in [0.25, 0.3) is 5.91 Å². The molecule has 0 bridgehead atoms. The Bertz CT molecular complexity index is 637. The summed E-state index contributed by atoms with van der Waals surface area (Å²) in [6, 6.07) is -0.356. The topological polar surface area (TPSA) is 96.3 Å². The molecule has 142 valence electrons. The van der Waals surface area contributed by atoms with Crippen molar-refractivity contribution in [3.05, 3.63) is 18.7 Å². The fourth-order valence-corrected chi connectivity index (χ4v) is 3.74. The van der Waals surface area contributed by atoms with E-state index in [1.165, 1.54) is 4.90 Å². The molecule has 0 unspecified atom stereocenters. The van der Waals surface area contributed by atoms with Gasteiger partial charge >= 0.3 is 6.03 Å². The summed E-state index contributed by atoms with van der Waals surface area (Å²) in [5.74, 6) is -0.284. The third-order valence-electron chi connectivity index (χ3n) is 5.24. The lowest BCUT2D eigenvalue weighted by molar-refractivity contribution is -0.132. The van der Waals surface area contributed by atoms with E-state index in [0.29, 0.717) is 19.4 Å². The van der Waals surface area contributed by atoms with Crippen LogP contribution >= 0.6 is 0 Å². The summed E-state index contributed by atoms with van der Waals surface area (Å²) in [5.41, 5.74) is -0.709. The molecule has 1 aromatic rings. The van der Waals surface area contributed by atoms with E-state index in [9.17, 15) is 14.4 Å². The number of imide groups is 1. The Hall–Kier alpha value is -2.38. The van der Waals surface area contributed by atoms with Crippen LogP contribution in [0, 0.1) is 0 Å². The molecular formula is C18H27N5O3. The highest BCUT2D eigenvalue weighted by Gasteiger charge is 2.50. The number of imidazole rings is 1. The molecule has 3 rings (SSSR count). The summed E-state index contributed by atoms with van der Waals surface area (Å²) < 4.78 is 2.00. The average molecular weight is 361 g/mol. The Morgan fingerprint density at radius 1 is 1.19 bits per heavy atom. The summed E-state index contributed by atoms with van der Waals surface area (Å²) >= 11 is 0. The van der Waals surface area contributed by atoms with Gasteiger partial charge in [-0.25, -0.2) is 9.78 Å². The van der Waals surface area contributed by atoms with Crippen LogP contribution in [0.3, 0.4) is 0 Å². The number of hydrogen-bond acceptors (Lipinski definition) is 4. The Morgan fingerprint density at radius 2 is 2.00 bits per heavy atom. The molecule has 1 saturated heterocycles. The fraction of sp³-hybridized carbons (Fsp3) is 0.667. The molecule has 1 spiro atoms. The lowest BCUT2D eigenvalue weighted by atomic mass is 9.82. The van der Waals surface area contributed by atoms with Crippen molar-refractivity contribution in [3.63, 3.8) is 0 Å². The van der Waals surface area contributed by atoms with Gasteiger partial charge < -0.3 is 15.2 Å². The molecule has 2 heterocycles. The van der Waals surface area contributed by atoms with E-state index in [2.05, 4.69) is 15.6 Å². The van der Waals surface area contributed by atoms with Crippen molar-refractivity contribution in [2.75, 3.05) is 13.1 Å². The first-order valence-corrected chi connectivity index (χ1v) is 9.47. The number of aromatic nitrogens is 2. The van der Waals surface area contributed by atoms with E-state index in [0.717, 1.165) is 38.6 Å². The van der Waals surface area contributed by atoms with Crippen LogP contribution in [-0.4, -0.2) is 50.9 Å². The average Bonchev–Trinajstić information content (AvgIpc) is 3.22. The first-order valence-electron chi connectivity index (χ1n) is 9.47. The second-order valence-electron chi connectivity index (χ2n) is 7.14. The van der Waals surface area contributed by atoms with Gasteiger partial charge in [-0.05, 0) is 25.7 Å². The van der Waals surface area contributed by atoms with Crippen LogP contribution in [0.2, 0.25) is 0 Å². The molecule has 0 radical (unpaired) electrons. The molecule has 0 atom stereocenters. The van der Waals surface area contributed by atoms with Crippen LogP contribution in [0.1, 0.15) is 51.4 Å². The number of nitrogens with zero attached hydrogens (tertiary/aromatic N) is 3. The number of hydrogen-bond donors (Lipinski definition) is 2. The summed E-state index contributed by atoms with van der Waals surface area (Å²) in [6.07, 6.45) is 11.8. The van der Waals surface area contributed by atoms with Gasteiger partial charge in [0.2, 0.25) is 5.91 Å². The standard InChI is InChI=1S/C18H27N5O3/c24-15(20-9-4-5-11-22-13-10-19-14-22)6-12-23-16(25)18(21-17(23)26)7-2-1-3-8-18/h10,13-14H,1-9,11-12H2,(H,20,24)(H,21,26). The quantitative estimate of drug-likeness (QED) is 0.541. The molecule has 2 fully saturated rings. The molecule has 1 aliphatic carbocycles. The van der Waals surface area contributed by atoms with Crippen molar-refractivity contribution < 1.29 is 14.4 Å². The number of nitrogens with one attached hydrogen (secondary N) is 2. The normalized spacial score (nSPS) is 19.0. The summed E-state index contributed by atoms with van der Waals surface area (Å²) in [5, 5.41) is 5.72. The molecule has 2 aliphatic rings. The van der Waals surface area contributed by atoms with Crippen molar-refractivity contribution in [2.45, 2.75) is 63.5 Å². The van der Waals surface area contributed by atoms with Crippen LogP contribution in [0.15, 0.2) is 18.7 Å². The number of unbranched alkanes of at least 4 members (excludes halogenated alkanes) is 1. The molecule has 1 aromatic heterocycles. The second kappa shape index (κ2) is 8.33. The molecule has 0 aromatic carbocycles. The minimum absolute atomic E-state index is 0.127. The van der Waals surface area contributed by atoms with Gasteiger partial charge in [0.15, 0.2) is 0 Å². The predicted molar refractivity (Wildman–Crippen MR) is 95.1 cm³/mol. The summed E-state index contributed by atoms with van der Waals surface area (Å²) in [7, 11) is 0. The number of carbonyl (C=O) groups is 3. The van der Waals surface area contributed by atoms with Gasteiger partial charge in [0.05, 0.1) is 6.33 Å². The third-order valence-corrected chi connectivity index (χ3v) is 5.24. The van der Waals surface area contributed by atoms with Gasteiger partial charge in [0.1, 0.15) is 5.54 Å². The number of carbonyl (C=O) groups excluding carboxylic acids is 3. The van der Waals surface area contributed by atoms with Crippen LogP contribution in [-0.2, 0) is 16.1 Å². The number of amides is 4. The molecule has 1 saturated carbocycles. The van der Waals surface area contributed by atoms with Crippen molar-refractivity contribution >= 4 is 17.8 Å². The van der Waals surface area contributed by atoms with E-state index in [-0.39, 0.29) is 30.8 Å². The highest BCUT2D eigenvalue weighted by molar-refractivity contribution is 6.07. The summed E-state index contributed by atoms with van der Waals surface area (Å²) in [4.78, 5) is 41.9. The minimum atomic E-state index is -0.709. The largest absolute Gasteiger partial charge is 0.356 e. The van der Waals surface area contributed by atoms with Crippen LogP contribution in [0.5, 0.6) is 0 Å². The number of rotatable bonds is 8. The minimum Gasteiger partial charge on any atom is -0.356 e. The molecule has 26 heavy (non-hydrogen) atoms. The van der Waals surface area contributed by atoms with E-state index < -0.39 is 5.54 Å². The highest BCUT2D eigenvalue weighted by Crippen LogP contribution is 2.33. The van der Waals surface area contributed by atoms with E-state index in [1.807, 2.05) is 10.8 Å². The predicted octanol–water partition coefficient (Wildman–Crippen LogP) is 1.42. The van der Waals surface area contributed by atoms with Gasteiger partial charge in [-0.1, -0.05) is 19.3 Å². The molecule has 8 heteroatoms. The lowest BCUT2D eigenvalue weighted by Crippen LogP contribution is -2.48. The Labute approximate surface area is 153 Å². The first-order chi connectivity index (χ1) is 12.6. The molecule has 8 nitrogen and oxygen atoms in total. The van der Waals surface area contributed by atoms with Crippen molar-refractivity contribution in [2.24, 2.45) is 0 Å². The smallest absolute Gasteiger partial charge is 0.325 e. The maximum Gasteiger partial charge on any atom is 0.325 e. The fourth-order valence-electron chi connectivity index (χ4n) is 3.74. The maximum absolute atomic E-state index is 12.6. The van der Waals surface area contributed by atoms with Crippen LogP contribution in [0.25, 0.3) is 0 Å². The molecular weight excluding hydrogens is 334 g/mol. The SMILES string of the molecule is O=C(CCN1C(=O)NC2(CCCCC2)C1=O)NCCCCn1ccnc1. The molecule has 1 aliphatic heterocycles. The van der Waals surface area contributed by atoms with Crippen molar-refractivity contribution in [1.82, 2.24) is 25.1 Å². The molecule has 4 amide bonds. The van der Waals surface area contributed by atoms with Crippen LogP contribution in [0.4, 0.5) is 4.79 Å². The monoisotopic (exact) mass is 361 g/mol. The van der Waals surface area contributed by atoms with Crippen molar-refractivity contribution in [1.29, 1.82) is 0 Å². The summed E-state index contributed by atoms with van der Waals surface area (Å²) in [6.45, 7) is 1.62. The van der Waals surface area contributed by atoms with Gasteiger partial charge in [0, 0.05) is 38.4 Å². The van der Waals surface area contributed by atoms with Crippen LogP contribution < -0.4 is 10.6 Å². The zero-order valence-corrected chi connectivity index (χ0v) is 15.1. The number of aryl methyl sites for hydroxylation is 1. The first kappa shape index (κ1) is 18.4. The van der Waals surface area contributed by atoms with Crippen molar-refractivity contribution in [3.8, 4) is 0 Å². The van der Waals surface area contributed by atoms with Gasteiger partial charge in [-0.3, -0.25) is 14.5 Å². The van der Waals surface area contributed by atoms with Gasteiger partial charge in [-0.15, -0.1) is 0 Å². The van der Waals surface area contributed by atoms with Gasteiger partial charge in [-0.2, -0.15) is 0 Å². The zero-order valence-electron chi connectivity index (χ0n) is 15.1. The Kier molecular flexibility index (Phi) is 5.90. The maximum atomic E-state index is 12.6. The Morgan fingerprint density at radius 3 is 2.73 bits per heavy atom. The zero-order chi connectivity index (χ0) is 18.4. The second-order valence-corrected chi connectivity index (χ2v) is 7.14. The van der Waals surface area contributed by atoms with E-state index in [1.54, 1.807) is 12.5 Å². The molecule has 2 N–H and O–H groups in total.